The molecule has 0 saturated heterocycles. The Morgan fingerprint density at radius 1 is 1.10 bits per heavy atom. The van der Waals surface area contributed by atoms with Crippen LogP contribution in [0.4, 0.5) is 5.69 Å². The maximum absolute atomic E-state index is 13.2. The Balaban J connectivity index is 2.12. The minimum absolute atomic E-state index is 0.0267. The fourth-order valence-electron chi connectivity index (χ4n) is 4.01. The van der Waals surface area contributed by atoms with Crippen molar-refractivity contribution in [3.8, 4) is 0 Å². The molecule has 0 saturated carbocycles. The zero-order valence-electron chi connectivity index (χ0n) is 16.7. The highest BCUT2D eigenvalue weighted by molar-refractivity contribution is 6.02. The summed E-state index contributed by atoms with van der Waals surface area (Å²) < 4.78 is 2.08. The molecule has 1 N–H and O–H groups in total. The Bertz CT molecular complexity index is 1260. The molecule has 0 fully saturated rings. The fraction of sp³-hybridized carbons (Fsp3) is 0.200. The number of fused-ring (bicyclic) bond motifs is 2. The number of carbonyl (C=O) groups is 1. The number of nitrogens with zero attached hydrogens (tertiary/aromatic N) is 1. The number of para-hydroxylation sites is 1. The number of aromatic nitrogens is 1. The molecule has 146 valence electrons. The molecule has 0 aliphatic heterocycles. The third-order valence-corrected chi connectivity index (χ3v) is 5.43. The largest absolute Gasteiger partial charge is 0.388 e. The molecule has 4 heteroatoms. The summed E-state index contributed by atoms with van der Waals surface area (Å²) >= 11 is 0. The molecule has 2 aromatic carbocycles. The average Bonchev–Trinajstić information content (AvgIpc) is 2.99. The van der Waals surface area contributed by atoms with Crippen molar-refractivity contribution in [3.63, 3.8) is 0 Å². The number of benzene rings is 2. The monoisotopic (exact) mass is 384 g/mol. The van der Waals surface area contributed by atoms with Gasteiger partial charge in [0, 0.05) is 34.8 Å². The van der Waals surface area contributed by atoms with Gasteiger partial charge in [0.15, 0.2) is 11.7 Å². The van der Waals surface area contributed by atoms with Crippen molar-refractivity contribution in [2.45, 2.75) is 26.2 Å². The number of hydrogen-bond acceptors (Lipinski definition) is 3. The minimum Gasteiger partial charge on any atom is -0.388 e. The Hall–Kier alpha value is -3.40. The van der Waals surface area contributed by atoms with E-state index in [-0.39, 0.29) is 5.43 Å². The maximum Gasteiger partial charge on any atom is 0.197 e. The van der Waals surface area contributed by atoms with Crippen LogP contribution in [-0.2, 0) is 0 Å². The van der Waals surface area contributed by atoms with Crippen LogP contribution in [0.3, 0.4) is 0 Å². The zero-order valence-corrected chi connectivity index (χ0v) is 16.7. The molecule has 0 radical (unpaired) electrons. The molecule has 4 nitrogen and oxygen atoms in total. The summed E-state index contributed by atoms with van der Waals surface area (Å²) in [4.78, 5) is 24.9. The Morgan fingerprint density at radius 3 is 2.69 bits per heavy atom. The van der Waals surface area contributed by atoms with Crippen LogP contribution in [0, 0.1) is 0 Å². The van der Waals surface area contributed by atoms with E-state index in [2.05, 4.69) is 41.1 Å². The van der Waals surface area contributed by atoms with Crippen LogP contribution in [-0.4, -0.2) is 17.9 Å². The molecule has 4 rings (SSSR count). The first-order valence-electron chi connectivity index (χ1n) is 9.99. The summed E-state index contributed by atoms with van der Waals surface area (Å²) in [7, 11) is 1.75. The number of carbonyl (C=O) groups excluding carboxylic acids is 1. The summed E-state index contributed by atoms with van der Waals surface area (Å²) in [6.45, 7) is 2.18. The number of rotatable bonds is 5. The highest BCUT2D eigenvalue weighted by Gasteiger charge is 2.15. The summed E-state index contributed by atoms with van der Waals surface area (Å²) in [5.74, 6) is 0. The SMILES string of the molecule is CCCC1=CC=C(n2c3ccccc3c(=O)c3cc(NC)c(C=O)cc32)C=CC1. The second kappa shape index (κ2) is 7.92. The summed E-state index contributed by atoms with van der Waals surface area (Å²) in [5.41, 5.74) is 5.10. The Labute approximate surface area is 169 Å². The maximum atomic E-state index is 13.2. The third-order valence-electron chi connectivity index (χ3n) is 5.43. The van der Waals surface area contributed by atoms with Crippen molar-refractivity contribution in [1.82, 2.24) is 4.57 Å². The van der Waals surface area contributed by atoms with Crippen molar-refractivity contribution < 1.29 is 4.79 Å². The van der Waals surface area contributed by atoms with Gasteiger partial charge < -0.3 is 9.88 Å². The van der Waals surface area contributed by atoms with Gasteiger partial charge in [0.25, 0.3) is 0 Å². The van der Waals surface area contributed by atoms with E-state index in [1.165, 1.54) is 5.57 Å². The number of allylic oxidation sites excluding steroid dienone is 6. The Kier molecular flexibility index (Phi) is 5.17. The standard InChI is InChI=1S/C25H24N2O2/c1-3-7-17-8-6-9-19(13-12-17)27-23-11-5-4-10-20(23)25(29)21-15-22(26-2)18(16-28)14-24(21)27/h4-6,9-16,26H,3,7-8H2,1-2H3. The lowest BCUT2D eigenvalue weighted by Crippen LogP contribution is -2.12. The van der Waals surface area contributed by atoms with Gasteiger partial charge in [-0.3, -0.25) is 9.59 Å². The van der Waals surface area contributed by atoms with Crippen molar-refractivity contribution in [1.29, 1.82) is 0 Å². The average molecular weight is 384 g/mol. The highest BCUT2D eigenvalue weighted by Crippen LogP contribution is 2.29. The van der Waals surface area contributed by atoms with Crippen LogP contribution in [0.25, 0.3) is 27.5 Å². The third kappa shape index (κ3) is 3.31. The molecule has 1 aliphatic rings. The first kappa shape index (κ1) is 18.9. The van der Waals surface area contributed by atoms with Gasteiger partial charge in [0.1, 0.15) is 0 Å². The summed E-state index contributed by atoms with van der Waals surface area (Å²) in [6, 6.07) is 11.2. The van der Waals surface area contributed by atoms with Gasteiger partial charge in [-0.15, -0.1) is 0 Å². The molecule has 1 aliphatic carbocycles. The molecule has 0 bridgehead atoms. The quantitative estimate of drug-likeness (QED) is 0.464. The molecular formula is C25H24N2O2. The molecule has 0 unspecified atom stereocenters. The normalized spacial score (nSPS) is 13.9. The van der Waals surface area contributed by atoms with Crippen molar-refractivity contribution in [2.24, 2.45) is 0 Å². The van der Waals surface area contributed by atoms with Crippen LogP contribution in [0.5, 0.6) is 0 Å². The van der Waals surface area contributed by atoms with Crippen molar-refractivity contribution >= 4 is 39.5 Å². The van der Waals surface area contributed by atoms with E-state index in [9.17, 15) is 9.59 Å². The van der Waals surface area contributed by atoms with Gasteiger partial charge in [-0.2, -0.15) is 0 Å². The van der Waals surface area contributed by atoms with E-state index in [0.29, 0.717) is 22.0 Å². The van der Waals surface area contributed by atoms with E-state index in [1.54, 1.807) is 19.2 Å². The van der Waals surface area contributed by atoms with E-state index in [1.807, 2.05) is 24.3 Å². The van der Waals surface area contributed by atoms with Crippen LogP contribution in [0.1, 0.15) is 36.5 Å². The first-order chi connectivity index (χ1) is 14.2. The molecule has 0 spiro atoms. The topological polar surface area (TPSA) is 51.1 Å². The lowest BCUT2D eigenvalue weighted by Gasteiger charge is -2.17. The summed E-state index contributed by atoms with van der Waals surface area (Å²) in [6.07, 6.45) is 12.5. The molecule has 29 heavy (non-hydrogen) atoms. The molecule has 1 heterocycles. The molecule has 0 atom stereocenters. The molecule has 0 amide bonds. The van der Waals surface area contributed by atoms with Crippen molar-refractivity contribution in [3.05, 3.63) is 82.1 Å². The van der Waals surface area contributed by atoms with Crippen LogP contribution >= 0.6 is 0 Å². The predicted molar refractivity (Wildman–Crippen MR) is 122 cm³/mol. The van der Waals surface area contributed by atoms with E-state index in [4.69, 9.17) is 0 Å². The lowest BCUT2D eigenvalue weighted by molar-refractivity contribution is 0.112. The van der Waals surface area contributed by atoms with Crippen LogP contribution in [0.2, 0.25) is 0 Å². The number of nitrogens with one attached hydrogen (secondary N) is 1. The van der Waals surface area contributed by atoms with Crippen molar-refractivity contribution in [2.75, 3.05) is 12.4 Å². The Morgan fingerprint density at radius 2 is 1.93 bits per heavy atom. The lowest BCUT2D eigenvalue weighted by atomic mass is 10.0. The second-order valence-electron chi connectivity index (χ2n) is 7.28. The summed E-state index contributed by atoms with van der Waals surface area (Å²) in [5, 5.41) is 4.28. The molecule has 3 aromatic rings. The second-order valence-corrected chi connectivity index (χ2v) is 7.28. The number of hydrogen-bond donors (Lipinski definition) is 1. The first-order valence-corrected chi connectivity index (χ1v) is 9.99. The van der Waals surface area contributed by atoms with Gasteiger partial charge in [0.2, 0.25) is 0 Å². The highest BCUT2D eigenvalue weighted by atomic mass is 16.1. The van der Waals surface area contributed by atoms with E-state index < -0.39 is 0 Å². The van der Waals surface area contributed by atoms with E-state index in [0.717, 1.165) is 42.3 Å². The molecular weight excluding hydrogens is 360 g/mol. The number of anilines is 1. The van der Waals surface area contributed by atoms with Gasteiger partial charge >= 0.3 is 0 Å². The molecule has 1 aromatic heterocycles. The smallest absolute Gasteiger partial charge is 0.197 e. The van der Waals surface area contributed by atoms with Gasteiger partial charge in [-0.05, 0) is 49.3 Å². The minimum atomic E-state index is -0.0267. The van der Waals surface area contributed by atoms with Gasteiger partial charge in [-0.25, -0.2) is 0 Å². The number of aldehydes is 1. The van der Waals surface area contributed by atoms with E-state index >= 15 is 0 Å². The van der Waals surface area contributed by atoms with Crippen LogP contribution in [0.15, 0.2) is 71.1 Å². The predicted octanol–water partition coefficient (Wildman–Crippen LogP) is 5.54. The van der Waals surface area contributed by atoms with Crippen LogP contribution < -0.4 is 10.7 Å². The van der Waals surface area contributed by atoms with Gasteiger partial charge in [0.05, 0.1) is 11.0 Å². The number of pyridine rings is 1. The fourth-order valence-corrected chi connectivity index (χ4v) is 4.01. The zero-order chi connectivity index (χ0) is 20.4. The van der Waals surface area contributed by atoms with Gasteiger partial charge in [-0.1, -0.05) is 43.2 Å².